The van der Waals surface area contributed by atoms with E-state index in [-0.39, 0.29) is 11.4 Å². The average Bonchev–Trinajstić information content (AvgIpc) is 3.01. The highest BCUT2D eigenvalue weighted by Gasteiger charge is 2.19. The number of anilines is 2. The van der Waals surface area contributed by atoms with Crippen LogP contribution in [0.25, 0.3) is 0 Å². The number of aromatic nitrogens is 2. The zero-order valence-corrected chi connectivity index (χ0v) is 13.9. The molecule has 8 heteroatoms. The Morgan fingerprint density at radius 1 is 1.21 bits per heavy atom. The molecule has 7 nitrogen and oxygen atoms in total. The number of aryl methyl sites for hydroxylation is 1. The second kappa shape index (κ2) is 6.63. The topological polar surface area (TPSA) is 81.4 Å². The average molecular weight is 342 g/mol. The number of hydrogen-bond donors (Lipinski definition) is 0. The molecule has 0 atom stereocenters. The van der Waals surface area contributed by atoms with Crippen LogP contribution in [0.4, 0.5) is 16.6 Å². The molecule has 24 heavy (non-hydrogen) atoms. The van der Waals surface area contributed by atoms with Crippen LogP contribution in [0.15, 0.2) is 48.0 Å². The van der Waals surface area contributed by atoms with Crippen LogP contribution < -0.4 is 9.64 Å². The molecular weight excluding hydrogens is 328 g/mol. The van der Waals surface area contributed by atoms with E-state index in [1.165, 1.54) is 17.4 Å². The van der Waals surface area contributed by atoms with Crippen molar-refractivity contribution in [2.45, 2.75) is 6.92 Å². The fraction of sp³-hybridized carbons (Fsp3) is 0.125. The summed E-state index contributed by atoms with van der Waals surface area (Å²) in [7, 11) is 1.83. The molecule has 1 aromatic carbocycles. The summed E-state index contributed by atoms with van der Waals surface area (Å²) in [5, 5.41) is 13.9. The van der Waals surface area contributed by atoms with Crippen molar-refractivity contribution in [3.05, 3.63) is 63.8 Å². The summed E-state index contributed by atoms with van der Waals surface area (Å²) in [6.45, 7) is 1.91. The van der Waals surface area contributed by atoms with Gasteiger partial charge in [0.15, 0.2) is 16.7 Å². The van der Waals surface area contributed by atoms with Gasteiger partial charge in [-0.2, -0.15) is 0 Å². The van der Waals surface area contributed by atoms with Gasteiger partial charge in [0.05, 0.1) is 10.6 Å². The van der Waals surface area contributed by atoms with Crippen molar-refractivity contribution < 1.29 is 9.66 Å². The third-order valence-electron chi connectivity index (χ3n) is 3.24. The number of nitro groups is 1. The van der Waals surface area contributed by atoms with Crippen molar-refractivity contribution in [2.75, 3.05) is 11.9 Å². The van der Waals surface area contributed by atoms with E-state index in [0.717, 1.165) is 10.8 Å². The molecule has 0 fully saturated rings. The van der Waals surface area contributed by atoms with Gasteiger partial charge in [-0.1, -0.05) is 12.1 Å². The van der Waals surface area contributed by atoms with E-state index in [0.29, 0.717) is 11.6 Å². The number of nitrogens with zero attached hydrogens (tertiary/aromatic N) is 4. The highest BCUT2D eigenvalue weighted by Crippen LogP contribution is 2.37. The Kier molecular flexibility index (Phi) is 4.39. The lowest BCUT2D eigenvalue weighted by molar-refractivity contribution is -0.385. The number of rotatable bonds is 5. The summed E-state index contributed by atoms with van der Waals surface area (Å²) in [5.41, 5.74) is 0.819. The van der Waals surface area contributed by atoms with E-state index in [4.69, 9.17) is 4.74 Å². The SMILES string of the molecule is Cc1csc(N(C)c2ncccc2Oc2ccccc2[N+](=O)[O-])n1. The van der Waals surface area contributed by atoms with Gasteiger partial charge in [-0.3, -0.25) is 10.1 Å². The second-order valence-corrected chi connectivity index (χ2v) is 5.82. The predicted octanol–water partition coefficient (Wildman–Crippen LogP) is 4.31. The van der Waals surface area contributed by atoms with E-state index >= 15 is 0 Å². The molecule has 0 spiro atoms. The van der Waals surface area contributed by atoms with Crippen LogP contribution in [0, 0.1) is 17.0 Å². The lowest BCUT2D eigenvalue weighted by Gasteiger charge is -2.18. The van der Waals surface area contributed by atoms with Crippen molar-refractivity contribution in [1.29, 1.82) is 0 Å². The lowest BCUT2D eigenvalue weighted by Crippen LogP contribution is -2.12. The van der Waals surface area contributed by atoms with Gasteiger partial charge in [0, 0.05) is 24.7 Å². The van der Waals surface area contributed by atoms with Crippen molar-refractivity contribution >= 4 is 28.0 Å². The first-order valence-electron chi connectivity index (χ1n) is 7.08. The van der Waals surface area contributed by atoms with Crippen molar-refractivity contribution in [3.8, 4) is 11.5 Å². The Morgan fingerprint density at radius 3 is 2.67 bits per heavy atom. The molecule has 0 aliphatic carbocycles. The molecule has 0 aliphatic heterocycles. The maximum absolute atomic E-state index is 11.1. The standard InChI is InChI=1S/C16H14N4O3S/c1-11-10-24-16(18-11)19(2)15-14(8-5-9-17-15)23-13-7-4-3-6-12(13)20(21)22/h3-10H,1-2H3. The van der Waals surface area contributed by atoms with Gasteiger partial charge in [0.1, 0.15) is 0 Å². The van der Waals surface area contributed by atoms with E-state index in [9.17, 15) is 10.1 Å². The van der Waals surface area contributed by atoms with E-state index in [2.05, 4.69) is 9.97 Å². The Labute approximate surface area is 142 Å². The van der Waals surface area contributed by atoms with E-state index in [1.54, 1.807) is 41.4 Å². The van der Waals surface area contributed by atoms with Gasteiger partial charge in [0.25, 0.3) is 0 Å². The molecule has 3 rings (SSSR count). The summed E-state index contributed by atoms with van der Waals surface area (Å²) >= 11 is 1.49. The lowest BCUT2D eigenvalue weighted by atomic mass is 10.3. The van der Waals surface area contributed by atoms with E-state index < -0.39 is 4.92 Å². The molecule has 0 unspecified atom stereocenters. The minimum Gasteiger partial charge on any atom is -0.446 e. The maximum atomic E-state index is 11.1. The first kappa shape index (κ1) is 15.9. The highest BCUT2D eigenvalue weighted by molar-refractivity contribution is 7.13. The van der Waals surface area contributed by atoms with Gasteiger partial charge in [-0.05, 0) is 25.1 Å². The molecule has 2 aromatic heterocycles. The fourth-order valence-corrected chi connectivity index (χ4v) is 2.88. The van der Waals surface area contributed by atoms with E-state index in [1.807, 2.05) is 19.4 Å². The number of hydrogen-bond acceptors (Lipinski definition) is 7. The molecule has 0 saturated carbocycles. The Morgan fingerprint density at radius 2 is 1.96 bits per heavy atom. The van der Waals surface area contributed by atoms with Crippen LogP contribution in [-0.2, 0) is 0 Å². The predicted molar refractivity (Wildman–Crippen MR) is 92.3 cm³/mol. The molecule has 122 valence electrons. The Balaban J connectivity index is 1.97. The maximum Gasteiger partial charge on any atom is 0.311 e. The number of nitro benzene ring substituents is 1. The largest absolute Gasteiger partial charge is 0.446 e. The van der Waals surface area contributed by atoms with Gasteiger partial charge in [-0.25, -0.2) is 9.97 Å². The minimum atomic E-state index is -0.473. The molecule has 2 heterocycles. The quantitative estimate of drug-likeness (QED) is 0.507. The molecule has 3 aromatic rings. The number of ether oxygens (including phenoxy) is 1. The highest BCUT2D eigenvalue weighted by atomic mass is 32.1. The molecule has 0 bridgehead atoms. The zero-order valence-electron chi connectivity index (χ0n) is 13.0. The number of para-hydroxylation sites is 2. The fourth-order valence-electron chi connectivity index (χ4n) is 2.11. The van der Waals surface area contributed by atoms with Crippen molar-refractivity contribution in [2.24, 2.45) is 0 Å². The summed E-state index contributed by atoms with van der Waals surface area (Å²) in [6.07, 6.45) is 1.64. The second-order valence-electron chi connectivity index (χ2n) is 4.98. The summed E-state index contributed by atoms with van der Waals surface area (Å²) < 4.78 is 5.78. The first-order chi connectivity index (χ1) is 11.6. The summed E-state index contributed by atoms with van der Waals surface area (Å²) in [6, 6.07) is 9.68. The van der Waals surface area contributed by atoms with Crippen LogP contribution in [0.5, 0.6) is 11.5 Å². The van der Waals surface area contributed by atoms with Crippen LogP contribution >= 0.6 is 11.3 Å². The number of thiazole rings is 1. The van der Waals surface area contributed by atoms with Gasteiger partial charge < -0.3 is 9.64 Å². The zero-order chi connectivity index (χ0) is 17.1. The van der Waals surface area contributed by atoms with Crippen LogP contribution in [0.2, 0.25) is 0 Å². The minimum absolute atomic E-state index is 0.0972. The molecule has 0 amide bonds. The summed E-state index contributed by atoms with van der Waals surface area (Å²) in [4.78, 5) is 21.2. The monoisotopic (exact) mass is 342 g/mol. The molecule has 0 N–H and O–H groups in total. The van der Waals surface area contributed by atoms with Gasteiger partial charge in [0.2, 0.25) is 5.75 Å². The van der Waals surface area contributed by atoms with Gasteiger partial charge >= 0.3 is 5.69 Å². The first-order valence-corrected chi connectivity index (χ1v) is 7.96. The summed E-state index contributed by atoms with van der Waals surface area (Å²) in [5.74, 6) is 1.12. The van der Waals surface area contributed by atoms with Crippen LogP contribution in [-0.4, -0.2) is 21.9 Å². The number of pyridine rings is 1. The van der Waals surface area contributed by atoms with Crippen molar-refractivity contribution in [1.82, 2.24) is 9.97 Å². The normalized spacial score (nSPS) is 10.4. The molecular formula is C16H14N4O3S. The Bertz CT molecular complexity index is 881. The molecule has 0 aliphatic rings. The molecule has 0 saturated heterocycles. The number of benzene rings is 1. The van der Waals surface area contributed by atoms with Crippen LogP contribution in [0.3, 0.4) is 0 Å². The third-order valence-corrected chi connectivity index (χ3v) is 4.28. The van der Waals surface area contributed by atoms with Gasteiger partial charge in [-0.15, -0.1) is 11.3 Å². The third kappa shape index (κ3) is 3.18. The van der Waals surface area contributed by atoms with Crippen molar-refractivity contribution in [3.63, 3.8) is 0 Å². The van der Waals surface area contributed by atoms with Crippen LogP contribution in [0.1, 0.15) is 5.69 Å². The molecule has 0 radical (unpaired) electrons. The Hall–Kier alpha value is -3.00. The smallest absolute Gasteiger partial charge is 0.311 e.